The normalized spacial score (nSPS) is 24.8. The van der Waals surface area contributed by atoms with Gasteiger partial charge in [0.05, 0.1) is 0 Å². The predicted molar refractivity (Wildman–Crippen MR) is 63.9 cm³/mol. The zero-order valence-corrected chi connectivity index (χ0v) is 11.4. The number of carboxylic acid groups (broad SMARTS) is 1. The Balaban J connectivity index is 2.36. The Labute approximate surface area is 110 Å². The molecule has 1 atom stereocenters. The van der Waals surface area contributed by atoms with Gasteiger partial charge in [-0.15, -0.1) is 0 Å². The standard InChI is InChI=1S/C10H15N3O5S/c1-6-8(7(2)18-12-6)19(16,17)13-4-3-10(11,5-13)9(14)15/h3-5,11H2,1-2H3,(H,14,15). The van der Waals surface area contributed by atoms with Crippen LogP contribution in [0.1, 0.15) is 17.9 Å². The SMILES string of the molecule is Cc1noc(C)c1S(=O)(=O)N1CCC(N)(C(=O)O)C1. The summed E-state index contributed by atoms with van der Waals surface area (Å²) in [6.45, 7) is 2.83. The van der Waals surface area contributed by atoms with E-state index in [0.29, 0.717) is 0 Å². The zero-order valence-electron chi connectivity index (χ0n) is 10.6. The predicted octanol–water partition coefficient (Wildman–Crippen LogP) is -0.532. The van der Waals surface area contributed by atoms with Crippen molar-refractivity contribution in [2.45, 2.75) is 30.7 Å². The topological polar surface area (TPSA) is 127 Å². The van der Waals surface area contributed by atoms with E-state index in [9.17, 15) is 13.2 Å². The third-order valence-corrected chi connectivity index (χ3v) is 5.35. The average molecular weight is 289 g/mol. The largest absolute Gasteiger partial charge is 0.480 e. The lowest BCUT2D eigenvalue weighted by Gasteiger charge is -2.19. The van der Waals surface area contributed by atoms with Gasteiger partial charge in [-0.05, 0) is 20.3 Å². The van der Waals surface area contributed by atoms with Crippen molar-refractivity contribution in [3.05, 3.63) is 11.5 Å². The first-order valence-corrected chi connectivity index (χ1v) is 7.08. The summed E-state index contributed by atoms with van der Waals surface area (Å²) in [5.41, 5.74) is 4.39. The van der Waals surface area contributed by atoms with E-state index in [-0.39, 0.29) is 35.9 Å². The first-order chi connectivity index (χ1) is 8.68. The highest BCUT2D eigenvalue weighted by atomic mass is 32.2. The van der Waals surface area contributed by atoms with E-state index in [1.807, 2.05) is 0 Å². The molecule has 1 fully saturated rings. The molecule has 9 heteroatoms. The number of nitrogens with two attached hydrogens (primary N) is 1. The van der Waals surface area contributed by atoms with Gasteiger partial charge in [0, 0.05) is 13.1 Å². The highest BCUT2D eigenvalue weighted by molar-refractivity contribution is 7.89. The third kappa shape index (κ3) is 2.13. The molecule has 8 nitrogen and oxygen atoms in total. The van der Waals surface area contributed by atoms with Gasteiger partial charge in [-0.3, -0.25) is 4.79 Å². The van der Waals surface area contributed by atoms with Gasteiger partial charge in [0.25, 0.3) is 0 Å². The maximum Gasteiger partial charge on any atom is 0.325 e. The molecule has 0 radical (unpaired) electrons. The molecule has 2 rings (SSSR count). The van der Waals surface area contributed by atoms with Crippen LogP contribution < -0.4 is 5.73 Å². The Morgan fingerprint density at radius 2 is 2.16 bits per heavy atom. The van der Waals surface area contributed by atoms with E-state index in [4.69, 9.17) is 15.4 Å². The molecule has 0 saturated carbocycles. The van der Waals surface area contributed by atoms with E-state index in [1.54, 1.807) is 0 Å². The number of carbonyl (C=O) groups is 1. The van der Waals surface area contributed by atoms with Gasteiger partial charge in [-0.1, -0.05) is 5.16 Å². The summed E-state index contributed by atoms with van der Waals surface area (Å²) in [4.78, 5) is 11.0. The number of hydrogen-bond donors (Lipinski definition) is 2. The van der Waals surface area contributed by atoms with Crippen molar-refractivity contribution in [2.75, 3.05) is 13.1 Å². The molecule has 106 valence electrons. The number of hydrogen-bond acceptors (Lipinski definition) is 6. The van der Waals surface area contributed by atoms with Crippen LogP contribution in [0.2, 0.25) is 0 Å². The Morgan fingerprint density at radius 1 is 1.53 bits per heavy atom. The van der Waals surface area contributed by atoms with Crippen molar-refractivity contribution < 1.29 is 22.8 Å². The van der Waals surface area contributed by atoms with Crippen LogP contribution in [0.4, 0.5) is 0 Å². The quantitative estimate of drug-likeness (QED) is 0.765. The van der Waals surface area contributed by atoms with E-state index in [0.717, 1.165) is 4.31 Å². The molecule has 0 spiro atoms. The molecule has 0 aromatic carbocycles. The minimum absolute atomic E-state index is 0.0119. The van der Waals surface area contributed by atoms with Gasteiger partial charge in [0.2, 0.25) is 10.0 Å². The lowest BCUT2D eigenvalue weighted by atomic mass is 10.0. The molecule has 1 aromatic rings. The molecule has 1 aromatic heterocycles. The Bertz CT molecular complexity index is 604. The summed E-state index contributed by atoms with van der Waals surface area (Å²) >= 11 is 0. The highest BCUT2D eigenvalue weighted by Gasteiger charge is 2.46. The first kappa shape index (κ1) is 14.0. The van der Waals surface area contributed by atoms with Gasteiger partial charge in [-0.2, -0.15) is 4.31 Å². The summed E-state index contributed by atoms with van der Waals surface area (Å²) in [7, 11) is -3.83. The summed E-state index contributed by atoms with van der Waals surface area (Å²) in [6.07, 6.45) is 0.0743. The smallest absolute Gasteiger partial charge is 0.325 e. The molecule has 1 aliphatic heterocycles. The molecule has 19 heavy (non-hydrogen) atoms. The second-order valence-corrected chi connectivity index (χ2v) is 6.58. The average Bonchev–Trinajstić information content (AvgIpc) is 2.84. The monoisotopic (exact) mass is 289 g/mol. The highest BCUT2D eigenvalue weighted by Crippen LogP contribution is 2.29. The Hall–Kier alpha value is -1.45. The van der Waals surface area contributed by atoms with Gasteiger partial charge < -0.3 is 15.4 Å². The fourth-order valence-electron chi connectivity index (χ4n) is 2.15. The number of aryl methyl sites for hydroxylation is 2. The minimum atomic E-state index is -3.83. The summed E-state index contributed by atoms with van der Waals surface area (Å²) in [6, 6.07) is 0. The lowest BCUT2D eigenvalue weighted by Crippen LogP contribution is -2.50. The van der Waals surface area contributed by atoms with E-state index in [1.165, 1.54) is 13.8 Å². The minimum Gasteiger partial charge on any atom is -0.480 e. The fourth-order valence-corrected chi connectivity index (χ4v) is 3.95. The van der Waals surface area contributed by atoms with Gasteiger partial charge in [0.15, 0.2) is 5.76 Å². The van der Waals surface area contributed by atoms with Crippen LogP contribution in [0, 0.1) is 13.8 Å². The van der Waals surface area contributed by atoms with Crippen LogP contribution in [0.3, 0.4) is 0 Å². The number of rotatable bonds is 3. The van der Waals surface area contributed by atoms with Crippen molar-refractivity contribution in [2.24, 2.45) is 5.73 Å². The van der Waals surface area contributed by atoms with Crippen molar-refractivity contribution in [1.82, 2.24) is 9.46 Å². The zero-order chi connectivity index (χ0) is 14.4. The van der Waals surface area contributed by atoms with Crippen molar-refractivity contribution >= 4 is 16.0 Å². The molecule has 0 amide bonds. The Kier molecular flexibility index (Phi) is 3.15. The van der Waals surface area contributed by atoms with Crippen LogP contribution in [-0.4, -0.2) is 47.6 Å². The second kappa shape index (κ2) is 4.29. The number of carboxylic acids is 1. The maximum atomic E-state index is 12.4. The molecule has 2 heterocycles. The van der Waals surface area contributed by atoms with Gasteiger partial charge in [-0.25, -0.2) is 8.42 Å². The van der Waals surface area contributed by atoms with Gasteiger partial charge >= 0.3 is 5.97 Å². The van der Waals surface area contributed by atoms with Crippen molar-refractivity contribution in [3.8, 4) is 0 Å². The van der Waals surface area contributed by atoms with Crippen LogP contribution >= 0.6 is 0 Å². The lowest BCUT2D eigenvalue weighted by molar-refractivity contribution is -0.142. The summed E-state index contributed by atoms with van der Waals surface area (Å²) in [5.74, 6) is -1.02. The van der Waals surface area contributed by atoms with Crippen molar-refractivity contribution in [1.29, 1.82) is 0 Å². The molecule has 0 aliphatic carbocycles. The van der Waals surface area contributed by atoms with E-state index < -0.39 is 21.5 Å². The molecule has 1 aliphatic rings. The third-order valence-electron chi connectivity index (χ3n) is 3.26. The van der Waals surface area contributed by atoms with Crippen LogP contribution in [0.25, 0.3) is 0 Å². The second-order valence-electron chi connectivity index (χ2n) is 4.70. The molecular formula is C10H15N3O5S. The first-order valence-electron chi connectivity index (χ1n) is 5.64. The van der Waals surface area contributed by atoms with Crippen LogP contribution in [-0.2, 0) is 14.8 Å². The Morgan fingerprint density at radius 3 is 2.58 bits per heavy atom. The number of aliphatic carboxylic acids is 1. The summed E-state index contributed by atoms with van der Waals surface area (Å²) < 4.78 is 30.8. The van der Waals surface area contributed by atoms with Crippen LogP contribution in [0.15, 0.2) is 9.42 Å². The van der Waals surface area contributed by atoms with Crippen LogP contribution in [0.5, 0.6) is 0 Å². The molecule has 1 saturated heterocycles. The number of nitrogens with zero attached hydrogens (tertiary/aromatic N) is 2. The van der Waals surface area contributed by atoms with Crippen molar-refractivity contribution in [3.63, 3.8) is 0 Å². The molecular weight excluding hydrogens is 274 g/mol. The molecule has 3 N–H and O–H groups in total. The van der Waals surface area contributed by atoms with E-state index >= 15 is 0 Å². The molecule has 1 unspecified atom stereocenters. The number of sulfonamides is 1. The van der Waals surface area contributed by atoms with Gasteiger partial charge in [0.1, 0.15) is 16.1 Å². The van der Waals surface area contributed by atoms with E-state index in [2.05, 4.69) is 5.16 Å². The number of aromatic nitrogens is 1. The fraction of sp³-hybridized carbons (Fsp3) is 0.600. The molecule has 0 bridgehead atoms. The maximum absolute atomic E-state index is 12.4. The summed E-state index contributed by atoms with van der Waals surface area (Å²) in [5, 5.41) is 12.6.